The van der Waals surface area contributed by atoms with Gasteiger partial charge in [0.1, 0.15) is 6.54 Å². The lowest BCUT2D eigenvalue weighted by Crippen LogP contribution is -2.53. The lowest BCUT2D eigenvalue weighted by atomic mass is 10.1. The van der Waals surface area contributed by atoms with Crippen molar-refractivity contribution < 1.29 is 15.0 Å². The molecule has 0 aliphatic heterocycles. The molecule has 0 radical (unpaired) electrons. The Hall–Kier alpha value is -1.93. The minimum atomic E-state index is -1.17. The predicted molar refractivity (Wildman–Crippen MR) is 62.0 cm³/mol. The fourth-order valence-electron chi connectivity index (χ4n) is 1.23. The van der Waals surface area contributed by atoms with E-state index in [1.54, 1.807) is 0 Å². The van der Waals surface area contributed by atoms with Crippen LogP contribution < -0.4 is 16.4 Å². The van der Waals surface area contributed by atoms with Gasteiger partial charge >= 0.3 is 0 Å². The second kappa shape index (κ2) is 5.61. The zero-order valence-corrected chi connectivity index (χ0v) is 9.84. The van der Waals surface area contributed by atoms with Gasteiger partial charge in [-0.3, -0.25) is 19.5 Å². The summed E-state index contributed by atoms with van der Waals surface area (Å²) in [6.07, 6.45) is 0. The smallest absolute Gasteiger partial charge is 0.265 e. The number of aliphatic hydroxyl groups excluding tert-OH is 2. The molecular formula is C10H15N3O5. The summed E-state index contributed by atoms with van der Waals surface area (Å²) in [7, 11) is 0. The van der Waals surface area contributed by atoms with Crippen LogP contribution in [0, 0.1) is 0 Å². The molecule has 0 aliphatic rings. The van der Waals surface area contributed by atoms with Gasteiger partial charge in [0.25, 0.3) is 11.1 Å². The van der Waals surface area contributed by atoms with E-state index in [1.165, 1.54) is 6.92 Å². The van der Waals surface area contributed by atoms with E-state index in [-0.39, 0.29) is 0 Å². The van der Waals surface area contributed by atoms with Crippen LogP contribution in [-0.4, -0.2) is 44.7 Å². The van der Waals surface area contributed by atoms with E-state index in [0.717, 1.165) is 16.8 Å². The molecule has 1 aromatic heterocycles. The Balaban J connectivity index is 2.79. The molecule has 0 fully saturated rings. The van der Waals surface area contributed by atoms with Crippen molar-refractivity contribution in [3.63, 3.8) is 0 Å². The first-order valence-corrected chi connectivity index (χ1v) is 5.23. The molecule has 18 heavy (non-hydrogen) atoms. The Kier molecular flexibility index (Phi) is 4.40. The van der Waals surface area contributed by atoms with Crippen LogP contribution in [0.25, 0.3) is 0 Å². The number of nitrogens with one attached hydrogen (secondary N) is 2. The molecule has 0 saturated heterocycles. The highest BCUT2D eigenvalue weighted by Gasteiger charge is 2.24. The summed E-state index contributed by atoms with van der Waals surface area (Å²) in [6, 6.07) is 2.10. The third kappa shape index (κ3) is 3.54. The minimum Gasteiger partial charge on any atom is -0.394 e. The maximum atomic E-state index is 11.6. The molecule has 0 atom stereocenters. The standard InChI is InChI=1S/C10H15N3O5/c1-10(5-14,6-15)11-8(17)4-13-9(18)3-2-7(16)12-13/h2-3,14-15H,4-6H2,1H3,(H,11,17)(H,12,16). The van der Waals surface area contributed by atoms with Crippen LogP contribution in [0.3, 0.4) is 0 Å². The van der Waals surface area contributed by atoms with Crippen molar-refractivity contribution in [2.24, 2.45) is 0 Å². The molecule has 0 saturated carbocycles. The number of aliphatic hydroxyl groups is 2. The highest BCUT2D eigenvalue weighted by atomic mass is 16.3. The van der Waals surface area contributed by atoms with Crippen molar-refractivity contribution in [3.8, 4) is 0 Å². The molecule has 1 amide bonds. The zero-order valence-electron chi connectivity index (χ0n) is 9.84. The summed E-state index contributed by atoms with van der Waals surface area (Å²) < 4.78 is 0.840. The zero-order chi connectivity index (χ0) is 13.8. The van der Waals surface area contributed by atoms with E-state index in [4.69, 9.17) is 10.2 Å². The van der Waals surface area contributed by atoms with Gasteiger partial charge in [-0.2, -0.15) is 0 Å². The SMILES string of the molecule is CC(CO)(CO)NC(=O)Cn1[nH]c(=O)ccc1=O. The maximum Gasteiger partial charge on any atom is 0.265 e. The summed E-state index contributed by atoms with van der Waals surface area (Å²) >= 11 is 0. The number of aromatic amines is 1. The topological polar surface area (TPSA) is 124 Å². The number of hydrogen-bond acceptors (Lipinski definition) is 5. The van der Waals surface area contributed by atoms with Gasteiger partial charge in [0.15, 0.2) is 0 Å². The van der Waals surface area contributed by atoms with Crippen molar-refractivity contribution in [3.05, 3.63) is 32.8 Å². The van der Waals surface area contributed by atoms with Gasteiger partial charge in [0.2, 0.25) is 5.91 Å². The van der Waals surface area contributed by atoms with Gasteiger partial charge in [0, 0.05) is 12.1 Å². The van der Waals surface area contributed by atoms with Crippen LogP contribution in [0.1, 0.15) is 6.92 Å². The molecule has 4 N–H and O–H groups in total. The van der Waals surface area contributed by atoms with Crippen LogP contribution in [-0.2, 0) is 11.3 Å². The van der Waals surface area contributed by atoms with Gasteiger partial charge in [-0.15, -0.1) is 0 Å². The van der Waals surface area contributed by atoms with E-state index >= 15 is 0 Å². The summed E-state index contributed by atoms with van der Waals surface area (Å²) in [4.78, 5) is 33.9. The number of rotatable bonds is 5. The van der Waals surface area contributed by atoms with Crippen molar-refractivity contribution >= 4 is 5.91 Å². The van der Waals surface area contributed by atoms with Gasteiger partial charge < -0.3 is 15.5 Å². The third-order valence-electron chi connectivity index (χ3n) is 2.33. The molecule has 8 heteroatoms. The number of carbonyl (C=O) groups is 1. The van der Waals surface area contributed by atoms with Gasteiger partial charge in [0.05, 0.1) is 18.8 Å². The fourth-order valence-corrected chi connectivity index (χ4v) is 1.23. The van der Waals surface area contributed by atoms with E-state index in [9.17, 15) is 14.4 Å². The molecule has 1 aromatic rings. The summed E-state index contributed by atoms with van der Waals surface area (Å²) in [5.74, 6) is -0.607. The average Bonchev–Trinajstić information content (AvgIpc) is 2.33. The number of aromatic nitrogens is 2. The van der Waals surface area contributed by atoms with Crippen LogP contribution in [0.15, 0.2) is 21.7 Å². The summed E-state index contributed by atoms with van der Waals surface area (Å²) in [5.41, 5.74) is -2.20. The lowest BCUT2D eigenvalue weighted by molar-refractivity contribution is -0.124. The quantitative estimate of drug-likeness (QED) is 0.460. The molecule has 1 rings (SSSR count). The van der Waals surface area contributed by atoms with Crippen LogP contribution in [0.5, 0.6) is 0 Å². The van der Waals surface area contributed by atoms with Gasteiger partial charge in [-0.1, -0.05) is 0 Å². The Bertz CT molecular complexity index is 529. The van der Waals surface area contributed by atoms with Crippen molar-refractivity contribution in [1.82, 2.24) is 15.1 Å². The van der Waals surface area contributed by atoms with Gasteiger partial charge in [-0.25, -0.2) is 4.68 Å². The Morgan fingerprint density at radius 3 is 2.56 bits per heavy atom. The van der Waals surface area contributed by atoms with Crippen LogP contribution in [0.4, 0.5) is 0 Å². The van der Waals surface area contributed by atoms with E-state index < -0.39 is 42.3 Å². The average molecular weight is 257 g/mol. The Labute approximate surface area is 102 Å². The van der Waals surface area contributed by atoms with Crippen molar-refractivity contribution in [2.75, 3.05) is 13.2 Å². The summed E-state index contributed by atoms with van der Waals surface area (Å²) in [6.45, 7) is 0.150. The second-order valence-electron chi connectivity index (χ2n) is 4.16. The van der Waals surface area contributed by atoms with Crippen LogP contribution in [0.2, 0.25) is 0 Å². The molecule has 0 spiro atoms. The molecule has 100 valence electrons. The minimum absolute atomic E-state index is 0.398. The maximum absolute atomic E-state index is 11.6. The number of nitrogens with zero attached hydrogens (tertiary/aromatic N) is 1. The van der Waals surface area contributed by atoms with Crippen molar-refractivity contribution in [2.45, 2.75) is 19.0 Å². The first-order chi connectivity index (χ1) is 8.40. The first kappa shape index (κ1) is 14.1. The van der Waals surface area contributed by atoms with E-state index in [0.29, 0.717) is 0 Å². The normalized spacial score (nSPS) is 11.3. The molecule has 0 aliphatic carbocycles. The molecule has 0 unspecified atom stereocenters. The second-order valence-corrected chi connectivity index (χ2v) is 4.16. The highest BCUT2D eigenvalue weighted by molar-refractivity contribution is 5.76. The lowest BCUT2D eigenvalue weighted by Gasteiger charge is -2.26. The molecule has 8 nitrogen and oxygen atoms in total. The fraction of sp³-hybridized carbons (Fsp3) is 0.500. The molecular weight excluding hydrogens is 242 g/mol. The Morgan fingerprint density at radius 1 is 1.39 bits per heavy atom. The number of amides is 1. The predicted octanol–water partition coefficient (Wildman–Crippen LogP) is -2.60. The van der Waals surface area contributed by atoms with Crippen molar-refractivity contribution in [1.29, 1.82) is 0 Å². The van der Waals surface area contributed by atoms with Gasteiger partial charge in [-0.05, 0) is 6.92 Å². The molecule has 0 aromatic carbocycles. The summed E-state index contributed by atoms with van der Waals surface area (Å²) in [5, 5.41) is 22.6. The number of H-pyrrole nitrogens is 1. The largest absolute Gasteiger partial charge is 0.394 e. The molecule has 1 heterocycles. The number of hydrogen-bond donors (Lipinski definition) is 4. The first-order valence-electron chi connectivity index (χ1n) is 5.23. The molecule has 0 bridgehead atoms. The van der Waals surface area contributed by atoms with Crippen LogP contribution >= 0.6 is 0 Å². The Morgan fingerprint density at radius 2 is 2.00 bits per heavy atom. The third-order valence-corrected chi connectivity index (χ3v) is 2.33. The van der Waals surface area contributed by atoms with E-state index in [2.05, 4.69) is 10.4 Å². The highest BCUT2D eigenvalue weighted by Crippen LogP contribution is 2.00. The number of carbonyl (C=O) groups excluding carboxylic acids is 1. The monoisotopic (exact) mass is 257 g/mol. The van der Waals surface area contributed by atoms with E-state index in [1.807, 2.05) is 0 Å².